The van der Waals surface area contributed by atoms with Crippen molar-refractivity contribution >= 4 is 82.7 Å². The number of hydrogen-bond donors (Lipinski definition) is 0. The first-order valence-corrected chi connectivity index (χ1v) is 17.6. The number of hydrogen-bond acceptors (Lipinski definition) is 3. The minimum atomic E-state index is 0.873. The second kappa shape index (κ2) is 11.2. The van der Waals surface area contributed by atoms with Gasteiger partial charge in [0.2, 0.25) is 0 Å². The van der Waals surface area contributed by atoms with Crippen LogP contribution in [0.4, 0.5) is 17.1 Å². The first kappa shape index (κ1) is 28.8. The lowest BCUT2D eigenvalue weighted by molar-refractivity contribution is 0.668. The Morgan fingerprint density at radius 3 is 1.75 bits per heavy atom. The molecule has 4 heteroatoms. The molecule has 3 aromatic heterocycles. The molecule has 0 bridgehead atoms. The molecule has 0 fully saturated rings. The Labute approximate surface area is 299 Å². The van der Waals surface area contributed by atoms with Crippen LogP contribution in [0.2, 0.25) is 0 Å². The minimum absolute atomic E-state index is 0.873. The number of fused-ring (bicyclic) bond motifs is 9. The van der Waals surface area contributed by atoms with Gasteiger partial charge in [-0.3, -0.25) is 0 Å². The Kier molecular flexibility index (Phi) is 6.22. The van der Waals surface area contributed by atoms with Crippen LogP contribution in [-0.2, 0) is 0 Å². The Morgan fingerprint density at radius 1 is 0.385 bits per heavy atom. The number of nitrogens with zero attached hydrogens (tertiary/aromatic N) is 2. The molecule has 0 radical (unpaired) electrons. The van der Waals surface area contributed by atoms with E-state index in [0.29, 0.717) is 0 Å². The van der Waals surface area contributed by atoms with Crippen LogP contribution in [0.1, 0.15) is 0 Å². The van der Waals surface area contributed by atoms with Gasteiger partial charge in [-0.15, -0.1) is 0 Å². The number of furan rings is 2. The lowest BCUT2D eigenvalue weighted by Gasteiger charge is -2.29. The summed E-state index contributed by atoms with van der Waals surface area (Å²) in [7, 11) is 0. The lowest BCUT2D eigenvalue weighted by Crippen LogP contribution is -2.11. The van der Waals surface area contributed by atoms with Crippen molar-refractivity contribution in [2.45, 2.75) is 0 Å². The van der Waals surface area contributed by atoms with Gasteiger partial charge in [0.1, 0.15) is 22.3 Å². The maximum absolute atomic E-state index is 6.29. The highest BCUT2D eigenvalue weighted by Gasteiger charge is 2.24. The Morgan fingerprint density at radius 2 is 0.962 bits per heavy atom. The lowest BCUT2D eigenvalue weighted by atomic mass is 10.0. The van der Waals surface area contributed by atoms with Gasteiger partial charge in [-0.25, -0.2) is 0 Å². The number of anilines is 3. The van der Waals surface area contributed by atoms with Gasteiger partial charge >= 0.3 is 0 Å². The Hall–Kier alpha value is -7.04. The smallest absolute Gasteiger partial charge is 0.135 e. The number of rotatable bonds is 5. The summed E-state index contributed by atoms with van der Waals surface area (Å²) in [4.78, 5) is 2.43. The zero-order valence-electron chi connectivity index (χ0n) is 28.0. The van der Waals surface area contributed by atoms with E-state index in [-0.39, 0.29) is 0 Å². The summed E-state index contributed by atoms with van der Waals surface area (Å²) in [6, 6.07) is 64.4. The van der Waals surface area contributed by atoms with Gasteiger partial charge in [-0.1, -0.05) is 109 Å². The fourth-order valence-corrected chi connectivity index (χ4v) is 8.11. The van der Waals surface area contributed by atoms with Gasteiger partial charge in [0.25, 0.3) is 0 Å². The van der Waals surface area contributed by atoms with Crippen molar-refractivity contribution in [3.05, 3.63) is 182 Å². The normalized spacial score (nSPS) is 11.8. The second-order valence-corrected chi connectivity index (χ2v) is 13.3. The van der Waals surface area contributed by atoms with Crippen LogP contribution in [-0.4, -0.2) is 4.57 Å². The van der Waals surface area contributed by atoms with Crippen LogP contribution in [0.5, 0.6) is 0 Å². The van der Waals surface area contributed by atoms with Crippen molar-refractivity contribution < 1.29 is 8.83 Å². The quantitative estimate of drug-likeness (QED) is 0.183. The van der Waals surface area contributed by atoms with E-state index in [0.717, 1.165) is 88.8 Å². The van der Waals surface area contributed by atoms with E-state index in [9.17, 15) is 0 Å². The van der Waals surface area contributed by atoms with E-state index >= 15 is 0 Å². The van der Waals surface area contributed by atoms with Crippen LogP contribution in [0, 0.1) is 0 Å². The van der Waals surface area contributed by atoms with Gasteiger partial charge in [0.15, 0.2) is 0 Å². The van der Waals surface area contributed by atoms with E-state index < -0.39 is 0 Å². The predicted molar refractivity (Wildman–Crippen MR) is 215 cm³/mol. The number of benzene rings is 8. The summed E-state index contributed by atoms with van der Waals surface area (Å²) in [5.41, 5.74) is 12.5. The highest BCUT2D eigenvalue weighted by molar-refractivity contribution is 6.18. The van der Waals surface area contributed by atoms with Gasteiger partial charge in [-0.2, -0.15) is 0 Å². The molecular weight excluding hydrogens is 637 g/mol. The van der Waals surface area contributed by atoms with Crippen molar-refractivity contribution in [1.29, 1.82) is 0 Å². The first-order chi connectivity index (χ1) is 25.8. The molecule has 0 aliphatic heterocycles. The fourth-order valence-electron chi connectivity index (χ4n) is 8.11. The molecular formula is C48H30N2O2. The van der Waals surface area contributed by atoms with Crippen LogP contribution in [0.3, 0.4) is 0 Å². The molecule has 0 saturated heterocycles. The molecule has 0 amide bonds. The molecule has 0 atom stereocenters. The zero-order valence-corrected chi connectivity index (χ0v) is 28.0. The third-order valence-corrected chi connectivity index (χ3v) is 10.4. The van der Waals surface area contributed by atoms with Crippen LogP contribution >= 0.6 is 0 Å². The number of aromatic nitrogens is 1. The van der Waals surface area contributed by atoms with E-state index in [1.54, 1.807) is 0 Å². The third-order valence-electron chi connectivity index (χ3n) is 10.4. The highest BCUT2D eigenvalue weighted by Crippen LogP contribution is 2.47. The van der Waals surface area contributed by atoms with Crippen molar-refractivity contribution in [2.75, 3.05) is 4.90 Å². The summed E-state index contributed by atoms with van der Waals surface area (Å²) in [6.45, 7) is 0. The highest BCUT2D eigenvalue weighted by atomic mass is 16.3. The van der Waals surface area contributed by atoms with Gasteiger partial charge in [0.05, 0.1) is 22.4 Å². The zero-order chi connectivity index (χ0) is 34.2. The molecule has 0 N–H and O–H groups in total. The average Bonchev–Trinajstić information content (AvgIpc) is 3.88. The van der Waals surface area contributed by atoms with Crippen molar-refractivity contribution in [2.24, 2.45) is 0 Å². The number of para-hydroxylation sites is 4. The molecule has 0 unspecified atom stereocenters. The molecule has 0 spiro atoms. The molecule has 4 nitrogen and oxygen atoms in total. The van der Waals surface area contributed by atoms with Gasteiger partial charge in [-0.05, 0) is 78.4 Å². The van der Waals surface area contributed by atoms with Crippen molar-refractivity contribution in [3.8, 4) is 16.8 Å². The molecule has 0 aliphatic carbocycles. The van der Waals surface area contributed by atoms with Gasteiger partial charge in [0, 0.05) is 49.3 Å². The Bertz CT molecular complexity index is 3150. The summed E-state index contributed by atoms with van der Waals surface area (Å²) >= 11 is 0. The summed E-state index contributed by atoms with van der Waals surface area (Å²) in [5, 5.41) is 6.77. The van der Waals surface area contributed by atoms with Gasteiger partial charge < -0.3 is 18.3 Å². The molecule has 8 aromatic carbocycles. The molecule has 244 valence electrons. The largest absolute Gasteiger partial charge is 0.456 e. The van der Waals surface area contributed by atoms with E-state index in [4.69, 9.17) is 8.83 Å². The summed E-state index contributed by atoms with van der Waals surface area (Å²) < 4.78 is 14.9. The monoisotopic (exact) mass is 666 g/mol. The minimum Gasteiger partial charge on any atom is -0.456 e. The molecule has 3 heterocycles. The SMILES string of the molecule is c1ccc(-c2ccccc2N(c2ccc3oc4ccccc4c3c2)c2cccc3c2c2ccccc2n3-c2ccc3oc4ccccc4c3c2)cc1. The van der Waals surface area contributed by atoms with E-state index in [2.05, 4.69) is 167 Å². The predicted octanol–water partition coefficient (Wildman–Crippen LogP) is 13.7. The second-order valence-electron chi connectivity index (χ2n) is 13.3. The third kappa shape index (κ3) is 4.28. The molecule has 0 saturated carbocycles. The van der Waals surface area contributed by atoms with E-state index in [1.165, 1.54) is 10.8 Å². The first-order valence-electron chi connectivity index (χ1n) is 17.6. The fraction of sp³-hybridized carbons (Fsp3) is 0. The standard InChI is InChI=1S/C48H30N2O2/c1-2-13-31(14-3-1)34-15-4-8-19-40(34)49(32-25-27-46-38(29-32)35-16-6-10-23-44(35)51-46)42-21-12-22-43-48(42)37-18-5-9-20-41(37)50(43)33-26-28-47-39(30-33)36-17-7-11-24-45(36)52-47/h1-30H. The summed E-state index contributed by atoms with van der Waals surface area (Å²) in [6.07, 6.45) is 0. The summed E-state index contributed by atoms with van der Waals surface area (Å²) in [5.74, 6) is 0. The van der Waals surface area contributed by atoms with Crippen LogP contribution in [0.25, 0.3) is 82.5 Å². The molecule has 52 heavy (non-hydrogen) atoms. The maximum Gasteiger partial charge on any atom is 0.135 e. The average molecular weight is 667 g/mol. The van der Waals surface area contributed by atoms with Crippen LogP contribution in [0.15, 0.2) is 191 Å². The van der Waals surface area contributed by atoms with E-state index in [1.807, 2.05) is 24.3 Å². The molecule has 11 aromatic rings. The topological polar surface area (TPSA) is 34.5 Å². The van der Waals surface area contributed by atoms with Crippen LogP contribution < -0.4 is 4.90 Å². The molecule has 0 aliphatic rings. The van der Waals surface area contributed by atoms with Crippen molar-refractivity contribution in [1.82, 2.24) is 4.57 Å². The maximum atomic E-state index is 6.29. The Balaban J connectivity index is 1.22. The van der Waals surface area contributed by atoms with Crippen molar-refractivity contribution in [3.63, 3.8) is 0 Å². The molecule has 11 rings (SSSR count).